The number of nitrogens with zero attached hydrogens (tertiary/aromatic N) is 1. The Kier molecular flexibility index (Phi) is 5.37. The third-order valence-electron chi connectivity index (χ3n) is 4.58. The first-order chi connectivity index (χ1) is 10.5. The molecule has 1 aliphatic heterocycles. The molecule has 4 heteroatoms. The van der Waals surface area contributed by atoms with Crippen LogP contribution in [-0.2, 0) is 4.79 Å². The van der Waals surface area contributed by atoms with E-state index in [0.29, 0.717) is 31.5 Å². The molecule has 0 bridgehead atoms. The molecule has 1 aromatic carbocycles. The normalized spacial score (nSPS) is 18.4. The minimum atomic E-state index is -0.425. The number of aliphatic hydroxyl groups is 2. The number of carbonyl (C=O) groups excluding carboxylic acids is 1. The quantitative estimate of drug-likeness (QED) is 0.836. The van der Waals surface area contributed by atoms with Crippen molar-refractivity contribution < 1.29 is 15.0 Å². The van der Waals surface area contributed by atoms with Crippen LogP contribution in [0.2, 0.25) is 0 Å². The number of benzene rings is 1. The van der Waals surface area contributed by atoms with E-state index in [9.17, 15) is 15.0 Å². The van der Waals surface area contributed by atoms with Crippen LogP contribution in [0.15, 0.2) is 29.8 Å². The van der Waals surface area contributed by atoms with Crippen LogP contribution in [0.5, 0.6) is 0 Å². The first-order valence-electron chi connectivity index (χ1n) is 7.76. The van der Waals surface area contributed by atoms with E-state index in [1.54, 1.807) is 0 Å². The number of aliphatic hydroxyl groups excluding tert-OH is 2. The number of hydrogen-bond donors (Lipinski definition) is 2. The molecule has 1 fully saturated rings. The lowest BCUT2D eigenvalue weighted by molar-refractivity contribution is -0.130. The Balaban J connectivity index is 2.01. The molecular formula is C18H25NO3. The predicted molar refractivity (Wildman–Crippen MR) is 87.2 cm³/mol. The van der Waals surface area contributed by atoms with Crippen molar-refractivity contribution >= 4 is 12.0 Å². The van der Waals surface area contributed by atoms with Gasteiger partial charge in [0.15, 0.2) is 0 Å². The summed E-state index contributed by atoms with van der Waals surface area (Å²) < 4.78 is 0. The van der Waals surface area contributed by atoms with Crippen molar-refractivity contribution in [1.29, 1.82) is 0 Å². The lowest BCUT2D eigenvalue weighted by Crippen LogP contribution is -2.46. The molecule has 2 rings (SSSR count). The summed E-state index contributed by atoms with van der Waals surface area (Å²) in [5, 5.41) is 18.8. The van der Waals surface area contributed by atoms with Crippen LogP contribution in [0.25, 0.3) is 6.08 Å². The van der Waals surface area contributed by atoms with E-state index in [1.165, 1.54) is 5.56 Å². The standard InChI is InChI=1S/C18H25NO3/c1-14-3-5-16(6-4-14)11-15(2)17(22)19-9-7-18(12-20,13-21)8-10-19/h3-6,11,20-21H,7-10,12-13H2,1-2H3/b15-11+. The van der Waals surface area contributed by atoms with Crippen LogP contribution in [0.3, 0.4) is 0 Å². The van der Waals surface area contributed by atoms with Crippen molar-refractivity contribution in [3.63, 3.8) is 0 Å². The van der Waals surface area contributed by atoms with Gasteiger partial charge in [0.25, 0.3) is 0 Å². The smallest absolute Gasteiger partial charge is 0.249 e. The number of carbonyl (C=O) groups is 1. The van der Waals surface area contributed by atoms with Gasteiger partial charge in [0.1, 0.15) is 0 Å². The third-order valence-corrected chi connectivity index (χ3v) is 4.58. The van der Waals surface area contributed by atoms with Gasteiger partial charge in [0.2, 0.25) is 5.91 Å². The monoisotopic (exact) mass is 303 g/mol. The van der Waals surface area contributed by atoms with Crippen molar-refractivity contribution in [3.8, 4) is 0 Å². The minimum Gasteiger partial charge on any atom is -0.396 e. The van der Waals surface area contributed by atoms with Crippen LogP contribution in [0.1, 0.15) is 30.9 Å². The molecule has 1 aliphatic rings. The van der Waals surface area contributed by atoms with Crippen LogP contribution >= 0.6 is 0 Å². The van der Waals surface area contributed by atoms with E-state index in [4.69, 9.17) is 0 Å². The summed E-state index contributed by atoms with van der Waals surface area (Å²) >= 11 is 0. The molecule has 1 saturated heterocycles. The zero-order chi connectivity index (χ0) is 16.2. The third kappa shape index (κ3) is 3.76. The lowest BCUT2D eigenvalue weighted by Gasteiger charge is -2.39. The van der Waals surface area contributed by atoms with Gasteiger partial charge in [0.05, 0.1) is 13.2 Å². The highest BCUT2D eigenvalue weighted by molar-refractivity contribution is 5.97. The Morgan fingerprint density at radius 2 is 1.73 bits per heavy atom. The van der Waals surface area contributed by atoms with E-state index >= 15 is 0 Å². The highest BCUT2D eigenvalue weighted by atomic mass is 16.3. The Morgan fingerprint density at radius 1 is 1.18 bits per heavy atom. The zero-order valence-corrected chi connectivity index (χ0v) is 13.4. The molecule has 1 amide bonds. The molecule has 4 nitrogen and oxygen atoms in total. The van der Waals surface area contributed by atoms with Gasteiger partial charge in [-0.15, -0.1) is 0 Å². The van der Waals surface area contributed by atoms with E-state index in [-0.39, 0.29) is 19.1 Å². The molecule has 0 atom stereocenters. The Hall–Kier alpha value is -1.65. The van der Waals surface area contributed by atoms with Crippen molar-refractivity contribution in [1.82, 2.24) is 4.90 Å². The predicted octanol–water partition coefficient (Wildman–Crippen LogP) is 1.99. The molecule has 0 spiro atoms. The average Bonchev–Trinajstić information content (AvgIpc) is 2.56. The van der Waals surface area contributed by atoms with E-state index in [1.807, 2.05) is 49.1 Å². The summed E-state index contributed by atoms with van der Waals surface area (Å²) in [4.78, 5) is 14.3. The maximum absolute atomic E-state index is 12.5. The minimum absolute atomic E-state index is 0.0241. The molecule has 1 aromatic rings. The van der Waals surface area contributed by atoms with Crippen molar-refractivity contribution in [2.75, 3.05) is 26.3 Å². The lowest BCUT2D eigenvalue weighted by atomic mass is 9.80. The van der Waals surface area contributed by atoms with Gasteiger partial charge in [-0.1, -0.05) is 29.8 Å². The van der Waals surface area contributed by atoms with Gasteiger partial charge < -0.3 is 15.1 Å². The number of aryl methyl sites for hydroxylation is 1. The first-order valence-corrected chi connectivity index (χ1v) is 7.76. The van der Waals surface area contributed by atoms with Crippen LogP contribution < -0.4 is 0 Å². The summed E-state index contributed by atoms with van der Waals surface area (Å²) in [6.07, 6.45) is 3.19. The van der Waals surface area contributed by atoms with E-state index < -0.39 is 5.41 Å². The van der Waals surface area contributed by atoms with Crippen LogP contribution in [0, 0.1) is 12.3 Å². The summed E-state index contributed by atoms with van der Waals surface area (Å²) in [7, 11) is 0. The van der Waals surface area contributed by atoms with Gasteiger partial charge in [-0.05, 0) is 38.3 Å². The molecule has 0 aromatic heterocycles. The fraction of sp³-hybridized carbons (Fsp3) is 0.500. The number of piperidine rings is 1. The van der Waals surface area contributed by atoms with Crippen molar-refractivity contribution in [2.45, 2.75) is 26.7 Å². The van der Waals surface area contributed by atoms with Crippen LogP contribution in [-0.4, -0.2) is 47.3 Å². The van der Waals surface area contributed by atoms with E-state index in [2.05, 4.69) is 0 Å². The molecule has 0 saturated carbocycles. The number of rotatable bonds is 4. The molecule has 120 valence electrons. The fourth-order valence-corrected chi connectivity index (χ4v) is 2.77. The number of likely N-dealkylation sites (tertiary alicyclic amines) is 1. The van der Waals surface area contributed by atoms with Gasteiger partial charge in [-0.3, -0.25) is 4.79 Å². The SMILES string of the molecule is C/C(=C\c1ccc(C)cc1)C(=O)N1CCC(CO)(CO)CC1. The Bertz CT molecular complexity index is 534. The van der Waals surface area contributed by atoms with Gasteiger partial charge in [-0.2, -0.15) is 0 Å². The van der Waals surface area contributed by atoms with Gasteiger partial charge >= 0.3 is 0 Å². The second-order valence-electron chi connectivity index (χ2n) is 6.35. The maximum Gasteiger partial charge on any atom is 0.249 e. The average molecular weight is 303 g/mol. The first kappa shape index (κ1) is 16.7. The second kappa shape index (κ2) is 7.07. The summed E-state index contributed by atoms with van der Waals surface area (Å²) in [5.41, 5.74) is 2.50. The molecular weight excluding hydrogens is 278 g/mol. The van der Waals surface area contributed by atoms with Crippen molar-refractivity contribution in [2.24, 2.45) is 5.41 Å². The van der Waals surface area contributed by atoms with Crippen molar-refractivity contribution in [3.05, 3.63) is 41.0 Å². The zero-order valence-electron chi connectivity index (χ0n) is 13.4. The number of amides is 1. The molecule has 0 radical (unpaired) electrons. The summed E-state index contributed by atoms with van der Waals surface area (Å²) in [6.45, 7) is 4.99. The Morgan fingerprint density at radius 3 is 2.23 bits per heavy atom. The van der Waals surface area contributed by atoms with Crippen LogP contribution in [0.4, 0.5) is 0 Å². The summed E-state index contributed by atoms with van der Waals surface area (Å²) in [5.74, 6) is 0.0325. The largest absolute Gasteiger partial charge is 0.396 e. The second-order valence-corrected chi connectivity index (χ2v) is 6.35. The topological polar surface area (TPSA) is 60.8 Å². The maximum atomic E-state index is 12.5. The molecule has 2 N–H and O–H groups in total. The molecule has 1 heterocycles. The highest BCUT2D eigenvalue weighted by Gasteiger charge is 2.35. The molecule has 0 unspecified atom stereocenters. The summed E-state index contributed by atoms with van der Waals surface area (Å²) in [6, 6.07) is 8.07. The number of hydrogen-bond acceptors (Lipinski definition) is 3. The highest BCUT2D eigenvalue weighted by Crippen LogP contribution is 2.30. The molecule has 22 heavy (non-hydrogen) atoms. The van der Waals surface area contributed by atoms with Gasteiger partial charge in [-0.25, -0.2) is 0 Å². The molecule has 0 aliphatic carbocycles. The van der Waals surface area contributed by atoms with E-state index in [0.717, 1.165) is 5.56 Å². The van der Waals surface area contributed by atoms with Gasteiger partial charge in [0, 0.05) is 24.1 Å². The Labute approximate surface area is 132 Å². The fourth-order valence-electron chi connectivity index (χ4n) is 2.77.